The van der Waals surface area contributed by atoms with E-state index in [1.807, 2.05) is 0 Å². The van der Waals surface area contributed by atoms with Crippen LogP contribution in [0, 0.1) is 3.57 Å². The summed E-state index contributed by atoms with van der Waals surface area (Å²) in [4.78, 5) is 10.9. The number of rotatable bonds is 13. The van der Waals surface area contributed by atoms with Crippen LogP contribution in [0.25, 0.3) is 0 Å². The predicted molar refractivity (Wildman–Crippen MR) is 114 cm³/mol. The van der Waals surface area contributed by atoms with E-state index in [0.29, 0.717) is 0 Å². The Labute approximate surface area is 171 Å². The van der Waals surface area contributed by atoms with E-state index < -0.39 is 6.16 Å². The standard InChI is InChI=1S/C21H33IO4/c1-3-5-7-9-11-13-16-17(14-12-10-8-6-4-2)20(23)19(15-18(16)22)26-21(24)25/h15,23H,3-14H2,1-2H3,(H,24,25). The third kappa shape index (κ3) is 8.14. The van der Waals surface area contributed by atoms with Gasteiger partial charge in [-0.2, -0.15) is 0 Å². The molecular formula is C21H33IO4. The minimum Gasteiger partial charge on any atom is -0.504 e. The van der Waals surface area contributed by atoms with E-state index in [1.54, 1.807) is 6.07 Å². The fourth-order valence-corrected chi connectivity index (χ4v) is 4.11. The average Bonchev–Trinajstić information content (AvgIpc) is 2.59. The zero-order chi connectivity index (χ0) is 19.4. The summed E-state index contributed by atoms with van der Waals surface area (Å²) in [5.74, 6) is 0.0621. The first-order valence-corrected chi connectivity index (χ1v) is 11.0. The lowest BCUT2D eigenvalue weighted by atomic mass is 9.95. The van der Waals surface area contributed by atoms with Gasteiger partial charge >= 0.3 is 6.16 Å². The van der Waals surface area contributed by atoms with Crippen LogP contribution in [0.15, 0.2) is 6.07 Å². The van der Waals surface area contributed by atoms with Gasteiger partial charge in [-0.3, -0.25) is 0 Å². The molecule has 0 amide bonds. The molecule has 148 valence electrons. The van der Waals surface area contributed by atoms with Crippen molar-refractivity contribution in [3.63, 3.8) is 0 Å². The number of unbranched alkanes of at least 4 members (excludes halogenated alkanes) is 8. The van der Waals surface area contributed by atoms with E-state index in [4.69, 9.17) is 9.84 Å². The Kier molecular flexibility index (Phi) is 11.7. The molecule has 5 heteroatoms. The molecule has 0 saturated heterocycles. The van der Waals surface area contributed by atoms with E-state index in [-0.39, 0.29) is 11.5 Å². The molecule has 0 spiro atoms. The second-order valence-corrected chi connectivity index (χ2v) is 8.02. The molecule has 0 atom stereocenters. The van der Waals surface area contributed by atoms with E-state index in [0.717, 1.165) is 46.8 Å². The number of ether oxygens (including phenoxy) is 1. The van der Waals surface area contributed by atoms with E-state index >= 15 is 0 Å². The number of carbonyl (C=O) groups is 1. The van der Waals surface area contributed by atoms with Crippen LogP contribution in [-0.2, 0) is 12.8 Å². The van der Waals surface area contributed by atoms with Gasteiger partial charge in [0.1, 0.15) is 0 Å². The fraction of sp³-hybridized carbons (Fsp3) is 0.667. The van der Waals surface area contributed by atoms with Crippen LogP contribution in [-0.4, -0.2) is 16.4 Å². The third-order valence-electron chi connectivity index (χ3n) is 4.69. The number of carboxylic acid groups (broad SMARTS) is 1. The molecule has 0 bridgehead atoms. The van der Waals surface area contributed by atoms with Crippen LogP contribution >= 0.6 is 22.6 Å². The average molecular weight is 476 g/mol. The Balaban J connectivity index is 2.89. The summed E-state index contributed by atoms with van der Waals surface area (Å²) < 4.78 is 5.77. The van der Waals surface area contributed by atoms with Crippen LogP contribution in [0.1, 0.15) is 89.2 Å². The molecule has 4 nitrogen and oxygen atoms in total. The quantitative estimate of drug-likeness (QED) is 0.138. The van der Waals surface area contributed by atoms with Gasteiger partial charge in [0.25, 0.3) is 0 Å². The smallest absolute Gasteiger partial charge is 0.504 e. The Hall–Kier alpha value is -0.980. The largest absolute Gasteiger partial charge is 0.511 e. The lowest BCUT2D eigenvalue weighted by Gasteiger charge is -2.16. The lowest BCUT2D eigenvalue weighted by Crippen LogP contribution is -2.07. The summed E-state index contributed by atoms with van der Waals surface area (Å²) in [6.45, 7) is 4.40. The molecule has 1 rings (SSSR count). The van der Waals surface area contributed by atoms with Crippen molar-refractivity contribution in [2.24, 2.45) is 0 Å². The molecule has 0 unspecified atom stereocenters. The Morgan fingerprint density at radius 3 is 1.92 bits per heavy atom. The normalized spacial score (nSPS) is 10.9. The van der Waals surface area contributed by atoms with Gasteiger partial charge < -0.3 is 14.9 Å². The van der Waals surface area contributed by atoms with Crippen molar-refractivity contribution in [2.45, 2.75) is 90.9 Å². The molecular weight excluding hydrogens is 443 g/mol. The molecule has 0 radical (unpaired) electrons. The van der Waals surface area contributed by atoms with E-state index in [9.17, 15) is 9.90 Å². The number of phenolic OH excluding ortho intramolecular Hbond substituents is 1. The Morgan fingerprint density at radius 1 is 0.923 bits per heavy atom. The van der Waals surface area contributed by atoms with Gasteiger partial charge in [0.2, 0.25) is 0 Å². The third-order valence-corrected chi connectivity index (χ3v) is 5.65. The number of benzene rings is 1. The molecule has 1 aromatic rings. The highest BCUT2D eigenvalue weighted by Gasteiger charge is 2.19. The highest BCUT2D eigenvalue weighted by atomic mass is 127. The second-order valence-electron chi connectivity index (χ2n) is 6.86. The Bertz CT molecular complexity index is 557. The van der Waals surface area contributed by atoms with Crippen molar-refractivity contribution >= 4 is 28.7 Å². The molecule has 26 heavy (non-hydrogen) atoms. The molecule has 0 fully saturated rings. The van der Waals surface area contributed by atoms with Crippen LogP contribution in [0.4, 0.5) is 4.79 Å². The fourth-order valence-electron chi connectivity index (χ4n) is 3.23. The maximum Gasteiger partial charge on any atom is 0.511 e. The van der Waals surface area contributed by atoms with E-state index in [2.05, 4.69) is 36.4 Å². The first-order chi connectivity index (χ1) is 12.5. The van der Waals surface area contributed by atoms with Gasteiger partial charge in [0.05, 0.1) is 0 Å². The molecule has 1 aromatic carbocycles. The van der Waals surface area contributed by atoms with Crippen molar-refractivity contribution in [3.8, 4) is 11.5 Å². The number of halogens is 1. The van der Waals surface area contributed by atoms with Crippen LogP contribution in [0.2, 0.25) is 0 Å². The number of hydrogen-bond donors (Lipinski definition) is 2. The first-order valence-electron chi connectivity index (χ1n) is 9.95. The number of aromatic hydroxyl groups is 1. The topological polar surface area (TPSA) is 66.8 Å². The highest BCUT2D eigenvalue weighted by Crippen LogP contribution is 2.38. The Morgan fingerprint density at radius 2 is 1.42 bits per heavy atom. The van der Waals surface area contributed by atoms with Gasteiger partial charge in [-0.05, 0) is 59.9 Å². The van der Waals surface area contributed by atoms with Gasteiger partial charge in [-0.15, -0.1) is 0 Å². The SMILES string of the molecule is CCCCCCCc1c(I)cc(OC(=O)O)c(O)c1CCCCCCC. The highest BCUT2D eigenvalue weighted by molar-refractivity contribution is 14.1. The molecule has 0 saturated carbocycles. The molecule has 0 aliphatic carbocycles. The molecule has 2 N–H and O–H groups in total. The molecule has 0 aromatic heterocycles. The van der Waals surface area contributed by atoms with Crippen molar-refractivity contribution < 1.29 is 19.7 Å². The minimum absolute atomic E-state index is 0.00636. The molecule has 0 aliphatic heterocycles. The zero-order valence-corrected chi connectivity index (χ0v) is 18.3. The second kappa shape index (κ2) is 13.2. The maximum absolute atomic E-state index is 10.9. The van der Waals surface area contributed by atoms with Gasteiger partial charge in [-0.25, -0.2) is 4.79 Å². The van der Waals surface area contributed by atoms with Gasteiger partial charge in [0.15, 0.2) is 11.5 Å². The summed E-state index contributed by atoms with van der Waals surface area (Å²) in [7, 11) is 0. The molecule has 0 heterocycles. The first kappa shape index (κ1) is 23.1. The van der Waals surface area contributed by atoms with Crippen molar-refractivity contribution in [3.05, 3.63) is 20.8 Å². The summed E-state index contributed by atoms with van der Waals surface area (Å²) in [5.41, 5.74) is 2.04. The van der Waals surface area contributed by atoms with Crippen LogP contribution in [0.5, 0.6) is 11.5 Å². The van der Waals surface area contributed by atoms with Crippen LogP contribution in [0.3, 0.4) is 0 Å². The minimum atomic E-state index is -1.39. The summed E-state index contributed by atoms with van der Waals surface area (Å²) in [6, 6.07) is 1.64. The van der Waals surface area contributed by atoms with Crippen molar-refractivity contribution in [2.75, 3.05) is 0 Å². The summed E-state index contributed by atoms with van der Waals surface area (Å²) >= 11 is 2.23. The lowest BCUT2D eigenvalue weighted by molar-refractivity contribution is 0.142. The monoisotopic (exact) mass is 476 g/mol. The zero-order valence-electron chi connectivity index (χ0n) is 16.2. The molecule has 0 aliphatic rings. The van der Waals surface area contributed by atoms with Gasteiger partial charge in [-0.1, -0.05) is 65.2 Å². The number of hydrogen-bond acceptors (Lipinski definition) is 3. The summed E-state index contributed by atoms with van der Waals surface area (Å²) in [6.07, 6.45) is 12.1. The predicted octanol–water partition coefficient (Wildman–Crippen LogP) is 7.08. The van der Waals surface area contributed by atoms with Gasteiger partial charge in [0, 0.05) is 9.13 Å². The summed E-state index contributed by atoms with van der Waals surface area (Å²) in [5, 5.41) is 19.5. The van der Waals surface area contributed by atoms with Crippen molar-refractivity contribution in [1.82, 2.24) is 0 Å². The maximum atomic E-state index is 10.9. The number of phenols is 1. The van der Waals surface area contributed by atoms with E-state index in [1.165, 1.54) is 44.9 Å². The van der Waals surface area contributed by atoms with Crippen molar-refractivity contribution in [1.29, 1.82) is 0 Å². The van der Waals surface area contributed by atoms with Crippen LogP contribution < -0.4 is 4.74 Å².